The molecule has 0 atom stereocenters. The molecule has 0 N–H and O–H groups in total. The lowest BCUT2D eigenvalue weighted by molar-refractivity contribution is 0.654. The van der Waals surface area contributed by atoms with Gasteiger partial charge in [0, 0.05) is 5.41 Å². The van der Waals surface area contributed by atoms with E-state index >= 15 is 0 Å². The van der Waals surface area contributed by atoms with Gasteiger partial charge in [0.2, 0.25) is 0 Å². The third-order valence-electron chi connectivity index (χ3n) is 8.40. The number of benzene rings is 8. The second-order valence-electron chi connectivity index (χ2n) is 10.6. The lowest BCUT2D eigenvalue weighted by Gasteiger charge is -2.30. The molecule has 0 heterocycles. The van der Waals surface area contributed by atoms with Crippen molar-refractivity contribution in [2.75, 3.05) is 0 Å². The fourth-order valence-corrected chi connectivity index (χ4v) is 6.71. The highest BCUT2D eigenvalue weighted by atomic mass is 14.3. The lowest BCUT2D eigenvalue weighted by Crippen LogP contribution is -2.20. The average Bonchev–Trinajstić information content (AvgIpc) is 2.90. The van der Waals surface area contributed by atoms with E-state index in [-0.39, 0.29) is 5.41 Å². The summed E-state index contributed by atoms with van der Waals surface area (Å²) < 4.78 is 0. The highest BCUT2D eigenvalue weighted by Crippen LogP contribution is 2.45. The van der Waals surface area contributed by atoms with Gasteiger partial charge in [-0.1, -0.05) is 123 Å². The Balaban J connectivity index is 1.48. The molecule has 8 rings (SSSR count). The third kappa shape index (κ3) is 2.42. The highest BCUT2D eigenvalue weighted by Gasteiger charge is 2.28. The zero-order valence-electron chi connectivity index (χ0n) is 19.9. The van der Waals surface area contributed by atoms with Gasteiger partial charge in [-0.25, -0.2) is 0 Å². The molecule has 0 radical (unpaired) electrons. The van der Waals surface area contributed by atoms with E-state index in [4.69, 9.17) is 0 Å². The van der Waals surface area contributed by atoms with Crippen molar-refractivity contribution in [3.05, 3.63) is 120 Å². The van der Waals surface area contributed by atoms with Gasteiger partial charge in [-0.15, -0.1) is 0 Å². The molecule has 8 aromatic carbocycles. The zero-order valence-corrected chi connectivity index (χ0v) is 19.9. The summed E-state index contributed by atoms with van der Waals surface area (Å²) in [6.07, 6.45) is 0. The summed E-state index contributed by atoms with van der Waals surface area (Å²) >= 11 is 0. The standard InChI is InChI=1S/C35H24/c1-35(2,29-19-15-25-11-9-21-5-3-7-23-13-17-27(29)33(25)31(21)23)30-20-16-26-12-10-22-6-4-8-24-14-18-28(30)34(26)32(22)24/h3-20H,1-2H3. The van der Waals surface area contributed by atoms with E-state index in [1.165, 1.54) is 75.8 Å². The molecule has 0 spiro atoms. The molecule has 0 fully saturated rings. The SMILES string of the molecule is CC(C)(c1ccc2ccc3cccc4ccc1c2c34)c1ccc2ccc3cccc4ccc1c2c34. The highest BCUT2D eigenvalue weighted by molar-refractivity contribution is 6.25. The van der Waals surface area contributed by atoms with E-state index in [2.05, 4.69) is 123 Å². The number of rotatable bonds is 2. The van der Waals surface area contributed by atoms with Crippen LogP contribution in [0.5, 0.6) is 0 Å². The summed E-state index contributed by atoms with van der Waals surface area (Å²) in [5.74, 6) is 0. The summed E-state index contributed by atoms with van der Waals surface area (Å²) in [6.45, 7) is 4.79. The van der Waals surface area contributed by atoms with Crippen molar-refractivity contribution in [3.63, 3.8) is 0 Å². The predicted octanol–water partition coefficient (Wildman–Crippen LogP) is 9.81. The van der Waals surface area contributed by atoms with Crippen LogP contribution < -0.4 is 0 Å². The molecule has 0 heteroatoms. The summed E-state index contributed by atoms with van der Waals surface area (Å²) in [4.78, 5) is 0. The Morgan fingerprint density at radius 1 is 0.343 bits per heavy atom. The third-order valence-corrected chi connectivity index (χ3v) is 8.40. The van der Waals surface area contributed by atoms with Crippen molar-refractivity contribution < 1.29 is 0 Å². The van der Waals surface area contributed by atoms with Gasteiger partial charge in [-0.2, -0.15) is 0 Å². The molecule has 0 aromatic heterocycles. The van der Waals surface area contributed by atoms with Gasteiger partial charge in [0.25, 0.3) is 0 Å². The second kappa shape index (κ2) is 6.49. The molecular formula is C35H24. The van der Waals surface area contributed by atoms with Crippen LogP contribution in [0.15, 0.2) is 109 Å². The minimum Gasteiger partial charge on any atom is -0.0610 e. The van der Waals surface area contributed by atoms with E-state index in [1.54, 1.807) is 0 Å². The van der Waals surface area contributed by atoms with E-state index in [0.717, 1.165) is 0 Å². The minimum atomic E-state index is -0.162. The van der Waals surface area contributed by atoms with Crippen molar-refractivity contribution in [1.82, 2.24) is 0 Å². The van der Waals surface area contributed by atoms with Crippen LogP contribution in [0.4, 0.5) is 0 Å². The van der Waals surface area contributed by atoms with E-state index in [9.17, 15) is 0 Å². The maximum atomic E-state index is 2.39. The first-order valence-corrected chi connectivity index (χ1v) is 12.5. The van der Waals surface area contributed by atoms with Crippen LogP contribution in [0.3, 0.4) is 0 Å². The van der Waals surface area contributed by atoms with E-state index < -0.39 is 0 Å². The molecule has 35 heavy (non-hydrogen) atoms. The minimum absolute atomic E-state index is 0.162. The largest absolute Gasteiger partial charge is 0.0610 e. The smallest absolute Gasteiger partial charge is 0.0158 e. The molecule has 0 aliphatic rings. The van der Waals surface area contributed by atoms with Crippen LogP contribution in [0, 0.1) is 0 Å². The molecule has 0 bridgehead atoms. The van der Waals surface area contributed by atoms with Crippen molar-refractivity contribution >= 4 is 64.6 Å². The van der Waals surface area contributed by atoms with Crippen LogP contribution in [-0.4, -0.2) is 0 Å². The van der Waals surface area contributed by atoms with Crippen molar-refractivity contribution in [3.8, 4) is 0 Å². The maximum absolute atomic E-state index is 2.39. The number of hydrogen-bond donors (Lipinski definition) is 0. The van der Waals surface area contributed by atoms with Gasteiger partial charge in [0.05, 0.1) is 0 Å². The molecule has 164 valence electrons. The van der Waals surface area contributed by atoms with Gasteiger partial charge in [-0.05, 0) is 75.8 Å². The van der Waals surface area contributed by atoms with Gasteiger partial charge in [0.1, 0.15) is 0 Å². The van der Waals surface area contributed by atoms with Crippen LogP contribution >= 0.6 is 0 Å². The van der Waals surface area contributed by atoms with Crippen molar-refractivity contribution in [2.45, 2.75) is 19.3 Å². The van der Waals surface area contributed by atoms with Crippen LogP contribution in [-0.2, 0) is 5.41 Å². The maximum Gasteiger partial charge on any atom is 0.0158 e. The van der Waals surface area contributed by atoms with Crippen molar-refractivity contribution in [2.24, 2.45) is 0 Å². The molecule has 0 amide bonds. The van der Waals surface area contributed by atoms with Crippen molar-refractivity contribution in [1.29, 1.82) is 0 Å². The molecule has 8 aromatic rings. The zero-order chi connectivity index (χ0) is 23.3. The Hall–Kier alpha value is -4.16. The summed E-state index contributed by atoms with van der Waals surface area (Å²) in [6, 6.07) is 41.0. The average molecular weight is 445 g/mol. The molecule has 0 aliphatic carbocycles. The van der Waals surface area contributed by atoms with Gasteiger partial charge in [0.15, 0.2) is 0 Å². The Morgan fingerprint density at radius 2 is 0.657 bits per heavy atom. The quantitative estimate of drug-likeness (QED) is 0.233. The van der Waals surface area contributed by atoms with Crippen LogP contribution in [0.2, 0.25) is 0 Å². The first-order chi connectivity index (χ1) is 17.1. The van der Waals surface area contributed by atoms with E-state index in [1.807, 2.05) is 0 Å². The molecule has 0 nitrogen and oxygen atoms in total. The summed E-state index contributed by atoms with van der Waals surface area (Å²) in [5, 5.41) is 16.2. The molecule has 0 saturated heterocycles. The van der Waals surface area contributed by atoms with Gasteiger partial charge in [-0.3, -0.25) is 0 Å². The first kappa shape index (κ1) is 19.2. The first-order valence-electron chi connectivity index (χ1n) is 12.5. The Morgan fingerprint density at radius 3 is 1.06 bits per heavy atom. The molecule has 0 unspecified atom stereocenters. The number of hydrogen-bond acceptors (Lipinski definition) is 0. The van der Waals surface area contributed by atoms with Gasteiger partial charge >= 0.3 is 0 Å². The molecule has 0 saturated carbocycles. The lowest BCUT2D eigenvalue weighted by atomic mass is 9.73. The molecule has 0 aliphatic heterocycles. The second-order valence-corrected chi connectivity index (χ2v) is 10.6. The fraction of sp³-hybridized carbons (Fsp3) is 0.0857. The Bertz CT molecular complexity index is 1890. The van der Waals surface area contributed by atoms with Gasteiger partial charge < -0.3 is 0 Å². The Labute approximate surface area is 204 Å². The predicted molar refractivity (Wildman–Crippen MR) is 152 cm³/mol. The van der Waals surface area contributed by atoms with Crippen LogP contribution in [0.25, 0.3) is 64.6 Å². The topological polar surface area (TPSA) is 0 Å². The Kier molecular flexibility index (Phi) is 3.56. The van der Waals surface area contributed by atoms with E-state index in [0.29, 0.717) is 0 Å². The fourth-order valence-electron chi connectivity index (χ4n) is 6.71. The summed E-state index contributed by atoms with van der Waals surface area (Å²) in [7, 11) is 0. The molecular weight excluding hydrogens is 420 g/mol. The normalized spacial score (nSPS) is 12.9. The monoisotopic (exact) mass is 444 g/mol. The van der Waals surface area contributed by atoms with Crippen LogP contribution in [0.1, 0.15) is 25.0 Å². The summed E-state index contributed by atoms with van der Waals surface area (Å²) in [5.41, 5.74) is 2.61.